The number of hydrogen-bond acceptors (Lipinski definition) is 5. The van der Waals surface area contributed by atoms with Gasteiger partial charge < -0.3 is 20.5 Å². The van der Waals surface area contributed by atoms with Crippen LogP contribution in [0.5, 0.6) is 17.4 Å². The Hall–Kier alpha value is -2.02. The normalized spacial score (nSPS) is 10.7. The van der Waals surface area contributed by atoms with Gasteiger partial charge >= 0.3 is 0 Å². The van der Waals surface area contributed by atoms with Gasteiger partial charge in [0.2, 0.25) is 11.8 Å². The molecule has 1 aromatic heterocycles. The third kappa shape index (κ3) is 7.91. The molecule has 1 amide bonds. The van der Waals surface area contributed by atoms with E-state index in [1.165, 1.54) is 0 Å². The van der Waals surface area contributed by atoms with Gasteiger partial charge in [-0.3, -0.25) is 4.79 Å². The molecule has 0 saturated heterocycles. The second kappa shape index (κ2) is 12.4. The van der Waals surface area contributed by atoms with Crippen molar-refractivity contribution in [3.63, 3.8) is 0 Å². The summed E-state index contributed by atoms with van der Waals surface area (Å²) in [5, 5.41) is 2.86. The van der Waals surface area contributed by atoms with E-state index in [2.05, 4.69) is 10.3 Å². The number of nitrogens with one attached hydrogen (secondary N) is 1. The summed E-state index contributed by atoms with van der Waals surface area (Å²) in [6.45, 7) is 2.24. The van der Waals surface area contributed by atoms with Gasteiger partial charge in [-0.1, -0.05) is 12.1 Å². The lowest BCUT2D eigenvalue weighted by molar-refractivity contribution is -0.121. The maximum atomic E-state index is 11.8. The summed E-state index contributed by atoms with van der Waals surface area (Å²) in [4.78, 5) is 16.1. The van der Waals surface area contributed by atoms with E-state index >= 15 is 0 Å². The summed E-state index contributed by atoms with van der Waals surface area (Å²) in [5.74, 6) is 1.74. The topological polar surface area (TPSA) is 86.5 Å². The molecular formula is C18H25Cl2N3O3. The lowest BCUT2D eigenvalue weighted by Crippen LogP contribution is -2.25. The van der Waals surface area contributed by atoms with Crippen LogP contribution in [-0.2, 0) is 11.3 Å². The van der Waals surface area contributed by atoms with Gasteiger partial charge in [0.25, 0.3) is 0 Å². The number of nitrogens with two attached hydrogens (primary N) is 1. The summed E-state index contributed by atoms with van der Waals surface area (Å²) in [6, 6.07) is 11.0. The highest BCUT2D eigenvalue weighted by atomic mass is 35.5. The van der Waals surface area contributed by atoms with E-state index in [0.29, 0.717) is 36.8 Å². The van der Waals surface area contributed by atoms with Crippen molar-refractivity contribution in [3.8, 4) is 17.4 Å². The molecule has 6 nitrogen and oxygen atoms in total. The van der Waals surface area contributed by atoms with E-state index in [1.807, 2.05) is 37.3 Å². The fraction of sp³-hybridized carbons (Fsp3) is 0.333. The van der Waals surface area contributed by atoms with E-state index < -0.39 is 0 Å². The molecule has 0 fully saturated rings. The molecule has 26 heavy (non-hydrogen) atoms. The van der Waals surface area contributed by atoms with E-state index in [0.717, 1.165) is 5.56 Å². The third-order valence-corrected chi connectivity index (χ3v) is 3.41. The number of halogens is 2. The predicted molar refractivity (Wildman–Crippen MR) is 107 cm³/mol. The standard InChI is InChI=1S/C18H23N3O3.2ClH/c1-13(19)8-9-17(22)21-12-14-5-4-10-20-18(14)24-16-7-3-6-15(11-16)23-2;;/h3-7,10-11,13H,8-9,12,19H2,1-2H3,(H,21,22);2*1H. The third-order valence-electron chi connectivity index (χ3n) is 3.41. The molecule has 1 unspecified atom stereocenters. The Balaban J connectivity index is 0.00000312. The van der Waals surface area contributed by atoms with Gasteiger partial charge in [0.15, 0.2) is 0 Å². The van der Waals surface area contributed by atoms with E-state index in [1.54, 1.807) is 19.4 Å². The Morgan fingerprint density at radius 3 is 2.65 bits per heavy atom. The van der Waals surface area contributed by atoms with Crippen LogP contribution < -0.4 is 20.5 Å². The number of aromatic nitrogens is 1. The van der Waals surface area contributed by atoms with Crippen molar-refractivity contribution in [1.82, 2.24) is 10.3 Å². The average Bonchev–Trinajstić information content (AvgIpc) is 2.59. The molecule has 1 aromatic carbocycles. The predicted octanol–water partition coefficient (Wildman–Crippen LogP) is 3.47. The Bertz CT molecular complexity index is 684. The van der Waals surface area contributed by atoms with Gasteiger partial charge in [0.05, 0.1) is 7.11 Å². The first-order valence-electron chi connectivity index (χ1n) is 7.86. The van der Waals surface area contributed by atoms with Crippen LogP contribution in [0.3, 0.4) is 0 Å². The van der Waals surface area contributed by atoms with Crippen LogP contribution in [0.25, 0.3) is 0 Å². The molecule has 0 spiro atoms. The number of hydrogen-bond donors (Lipinski definition) is 2. The fourth-order valence-corrected chi connectivity index (χ4v) is 2.07. The Morgan fingerprint density at radius 1 is 1.23 bits per heavy atom. The van der Waals surface area contributed by atoms with E-state index in [-0.39, 0.29) is 36.8 Å². The van der Waals surface area contributed by atoms with Gasteiger partial charge in [-0.15, -0.1) is 24.8 Å². The highest BCUT2D eigenvalue weighted by Gasteiger charge is 2.09. The summed E-state index contributed by atoms with van der Waals surface area (Å²) in [7, 11) is 1.60. The molecule has 0 aliphatic heterocycles. The minimum Gasteiger partial charge on any atom is -0.497 e. The van der Waals surface area contributed by atoms with Crippen LogP contribution in [0.1, 0.15) is 25.3 Å². The number of amides is 1. The molecule has 0 aliphatic carbocycles. The molecule has 0 aliphatic rings. The van der Waals surface area contributed by atoms with Crippen molar-refractivity contribution in [3.05, 3.63) is 48.2 Å². The first-order chi connectivity index (χ1) is 11.6. The van der Waals surface area contributed by atoms with Gasteiger partial charge in [-0.25, -0.2) is 4.98 Å². The molecule has 2 rings (SSSR count). The van der Waals surface area contributed by atoms with Crippen LogP contribution in [0.15, 0.2) is 42.6 Å². The Kier molecular flexibility index (Phi) is 11.4. The second-order valence-corrected chi connectivity index (χ2v) is 5.54. The fourth-order valence-electron chi connectivity index (χ4n) is 2.07. The van der Waals surface area contributed by atoms with Crippen molar-refractivity contribution in [2.24, 2.45) is 5.73 Å². The van der Waals surface area contributed by atoms with Crippen LogP contribution in [0.4, 0.5) is 0 Å². The van der Waals surface area contributed by atoms with Crippen molar-refractivity contribution >= 4 is 30.7 Å². The zero-order valence-electron chi connectivity index (χ0n) is 14.8. The monoisotopic (exact) mass is 401 g/mol. The van der Waals surface area contributed by atoms with Crippen LogP contribution in [-0.4, -0.2) is 24.0 Å². The Morgan fingerprint density at radius 2 is 1.96 bits per heavy atom. The zero-order chi connectivity index (χ0) is 17.4. The van der Waals surface area contributed by atoms with E-state index in [4.69, 9.17) is 15.2 Å². The molecule has 8 heteroatoms. The SMILES string of the molecule is COc1cccc(Oc2ncccc2CNC(=O)CCC(C)N)c1.Cl.Cl. The van der Waals surface area contributed by atoms with Crippen LogP contribution in [0, 0.1) is 0 Å². The largest absolute Gasteiger partial charge is 0.497 e. The van der Waals surface area contributed by atoms with E-state index in [9.17, 15) is 4.79 Å². The summed E-state index contributed by atoms with van der Waals surface area (Å²) in [6.07, 6.45) is 2.72. The van der Waals surface area contributed by atoms with Gasteiger partial charge in [-0.2, -0.15) is 0 Å². The van der Waals surface area contributed by atoms with Crippen molar-refractivity contribution < 1.29 is 14.3 Å². The number of nitrogens with zero attached hydrogens (tertiary/aromatic N) is 1. The van der Waals surface area contributed by atoms with Crippen molar-refractivity contribution in [2.45, 2.75) is 32.4 Å². The smallest absolute Gasteiger partial charge is 0.224 e. The molecule has 0 radical (unpaired) electrons. The molecule has 0 saturated carbocycles. The summed E-state index contributed by atoms with van der Waals surface area (Å²) < 4.78 is 11.0. The number of methoxy groups -OCH3 is 1. The van der Waals surface area contributed by atoms with Gasteiger partial charge in [0.1, 0.15) is 11.5 Å². The summed E-state index contributed by atoms with van der Waals surface area (Å²) in [5.41, 5.74) is 6.46. The zero-order valence-corrected chi connectivity index (χ0v) is 16.4. The van der Waals surface area contributed by atoms with Crippen LogP contribution >= 0.6 is 24.8 Å². The number of benzene rings is 1. The minimum atomic E-state index is -0.0384. The number of rotatable bonds is 8. The van der Waals surface area contributed by atoms with Crippen molar-refractivity contribution in [2.75, 3.05) is 7.11 Å². The first-order valence-corrected chi connectivity index (χ1v) is 7.86. The number of pyridine rings is 1. The maximum Gasteiger partial charge on any atom is 0.224 e. The van der Waals surface area contributed by atoms with Gasteiger partial charge in [0, 0.05) is 36.8 Å². The minimum absolute atomic E-state index is 0. The molecule has 1 heterocycles. The first kappa shape index (κ1) is 24.0. The quantitative estimate of drug-likeness (QED) is 0.706. The molecule has 144 valence electrons. The lowest BCUT2D eigenvalue weighted by atomic mass is 10.2. The molecule has 2 aromatic rings. The molecule has 3 N–H and O–H groups in total. The molecular weight excluding hydrogens is 377 g/mol. The Labute approximate surface area is 166 Å². The highest BCUT2D eigenvalue weighted by molar-refractivity contribution is 5.85. The highest BCUT2D eigenvalue weighted by Crippen LogP contribution is 2.26. The maximum absolute atomic E-state index is 11.8. The molecule has 1 atom stereocenters. The van der Waals surface area contributed by atoms with Crippen LogP contribution in [0.2, 0.25) is 0 Å². The number of carbonyl (C=O) groups excluding carboxylic acids is 1. The van der Waals surface area contributed by atoms with Gasteiger partial charge in [-0.05, 0) is 31.5 Å². The average molecular weight is 402 g/mol. The molecule has 0 bridgehead atoms. The summed E-state index contributed by atoms with van der Waals surface area (Å²) >= 11 is 0. The lowest BCUT2D eigenvalue weighted by Gasteiger charge is -2.12. The van der Waals surface area contributed by atoms with Crippen molar-refractivity contribution in [1.29, 1.82) is 0 Å². The second-order valence-electron chi connectivity index (χ2n) is 5.54. The number of carbonyl (C=O) groups is 1. The number of ether oxygens (including phenoxy) is 2.